The third kappa shape index (κ3) is 5.41. The van der Waals surface area contributed by atoms with Crippen LogP contribution in [0.15, 0.2) is 54.6 Å². The number of nitrogens with zero attached hydrogens (tertiary/aromatic N) is 2. The van der Waals surface area contributed by atoms with E-state index in [1.165, 1.54) is 6.92 Å². The molecule has 0 spiro atoms. The lowest BCUT2D eigenvalue weighted by atomic mass is 10.0. The molecule has 4 heterocycles. The quantitative estimate of drug-likeness (QED) is 0.285. The van der Waals surface area contributed by atoms with Gasteiger partial charge < -0.3 is 34.4 Å². The smallest absolute Gasteiger partial charge is 0.296 e. The van der Waals surface area contributed by atoms with Crippen molar-refractivity contribution in [2.45, 2.75) is 31.3 Å². The number of fused-ring (bicyclic) bond motifs is 2. The molecule has 39 heavy (non-hydrogen) atoms. The number of imidazole rings is 1. The van der Waals surface area contributed by atoms with E-state index in [0.29, 0.717) is 47.6 Å². The van der Waals surface area contributed by atoms with Gasteiger partial charge in [0, 0.05) is 12.5 Å². The van der Waals surface area contributed by atoms with Crippen molar-refractivity contribution in [2.75, 3.05) is 26.4 Å². The van der Waals surface area contributed by atoms with Crippen LogP contribution in [0.2, 0.25) is 5.02 Å². The molecule has 2 aliphatic rings. The minimum Gasteiger partial charge on any atom is -0.492 e. The van der Waals surface area contributed by atoms with Crippen molar-refractivity contribution in [1.82, 2.24) is 20.3 Å². The molecule has 4 atom stereocenters. The summed E-state index contributed by atoms with van der Waals surface area (Å²) in [6.45, 7) is 2.89. The molecule has 3 N–H and O–H groups in total. The Labute approximate surface area is 229 Å². The van der Waals surface area contributed by atoms with Gasteiger partial charge in [0.25, 0.3) is 6.01 Å². The molecule has 2 aromatic carbocycles. The minimum atomic E-state index is -0.644. The minimum absolute atomic E-state index is 0.0774. The summed E-state index contributed by atoms with van der Waals surface area (Å²) in [4.78, 5) is 23.2. The predicted molar refractivity (Wildman–Crippen MR) is 144 cm³/mol. The maximum Gasteiger partial charge on any atom is 0.296 e. The first-order valence-corrected chi connectivity index (χ1v) is 13.0. The number of nitrogens with one attached hydrogen (secondary N) is 2. The summed E-state index contributed by atoms with van der Waals surface area (Å²) < 4.78 is 22.9. The highest BCUT2D eigenvalue weighted by Gasteiger charge is 2.48. The molecule has 0 aliphatic carbocycles. The predicted octanol–water partition coefficient (Wildman–Crippen LogP) is 3.37. The van der Waals surface area contributed by atoms with Crippen LogP contribution in [-0.2, 0) is 14.3 Å². The fraction of sp³-hybridized carbons (Fsp3) is 0.321. The fourth-order valence-corrected chi connectivity index (χ4v) is 5.06. The number of aliphatic hydroxyl groups is 1. The number of benzene rings is 2. The first kappa shape index (κ1) is 25.6. The zero-order valence-electron chi connectivity index (χ0n) is 21.1. The second kappa shape index (κ2) is 10.8. The number of hydrogen-bond donors (Lipinski definition) is 3. The Bertz CT molecular complexity index is 1480. The highest BCUT2D eigenvalue weighted by atomic mass is 35.5. The third-order valence-corrected chi connectivity index (χ3v) is 7.03. The number of amides is 1. The molecule has 10 nitrogen and oxygen atoms in total. The molecule has 0 unspecified atom stereocenters. The van der Waals surface area contributed by atoms with Gasteiger partial charge in [0.2, 0.25) is 5.91 Å². The Morgan fingerprint density at radius 2 is 1.74 bits per heavy atom. The maximum absolute atomic E-state index is 10.9. The molecule has 1 amide bonds. The number of H-pyrrole nitrogens is 1. The van der Waals surface area contributed by atoms with Gasteiger partial charge in [-0.15, -0.1) is 0 Å². The first-order valence-electron chi connectivity index (χ1n) is 12.7. The van der Waals surface area contributed by atoms with E-state index >= 15 is 0 Å². The highest BCUT2D eigenvalue weighted by molar-refractivity contribution is 6.33. The van der Waals surface area contributed by atoms with Crippen LogP contribution in [0.25, 0.3) is 33.5 Å². The number of aromatic amines is 1. The van der Waals surface area contributed by atoms with Gasteiger partial charge in [-0.1, -0.05) is 48.0 Å². The molecule has 4 aromatic rings. The molecule has 0 saturated carbocycles. The third-order valence-electron chi connectivity index (χ3n) is 6.74. The van der Waals surface area contributed by atoms with Gasteiger partial charge >= 0.3 is 0 Å². The number of ether oxygens (including phenoxy) is 4. The van der Waals surface area contributed by atoms with Crippen molar-refractivity contribution >= 4 is 28.7 Å². The second-order valence-corrected chi connectivity index (χ2v) is 9.89. The van der Waals surface area contributed by atoms with Crippen molar-refractivity contribution < 1.29 is 28.8 Å². The monoisotopic (exact) mass is 550 g/mol. The summed E-state index contributed by atoms with van der Waals surface area (Å²) in [6, 6.07) is 17.8. The number of aromatic nitrogens is 3. The Morgan fingerprint density at radius 3 is 2.49 bits per heavy atom. The van der Waals surface area contributed by atoms with Crippen LogP contribution in [0.4, 0.5) is 0 Å². The molecule has 2 aliphatic heterocycles. The van der Waals surface area contributed by atoms with Crippen LogP contribution >= 0.6 is 11.6 Å². The van der Waals surface area contributed by atoms with E-state index in [0.717, 1.165) is 22.4 Å². The SMILES string of the molecule is CC(=O)NCCOc1ccc(-c2ccc(-c3nc4nc(O[C@@H]5CO[C@H]6[C@@H]5OC[C@H]6O)[nH]c4cc3Cl)cc2)cc1. The number of rotatable bonds is 8. The van der Waals surface area contributed by atoms with Crippen molar-refractivity contribution in [3.8, 4) is 34.1 Å². The largest absolute Gasteiger partial charge is 0.492 e. The van der Waals surface area contributed by atoms with Crippen LogP contribution in [0.5, 0.6) is 11.8 Å². The number of carbonyl (C=O) groups is 1. The summed E-state index contributed by atoms with van der Waals surface area (Å²) in [5.41, 5.74) is 4.67. The lowest BCUT2D eigenvalue weighted by Gasteiger charge is -2.15. The fourth-order valence-electron chi connectivity index (χ4n) is 4.80. The summed E-state index contributed by atoms with van der Waals surface area (Å²) in [5, 5.41) is 13.1. The zero-order chi connectivity index (χ0) is 26.9. The second-order valence-electron chi connectivity index (χ2n) is 9.48. The van der Waals surface area contributed by atoms with E-state index in [4.69, 9.17) is 30.5 Å². The van der Waals surface area contributed by atoms with E-state index in [1.54, 1.807) is 6.07 Å². The van der Waals surface area contributed by atoms with Crippen molar-refractivity contribution in [3.63, 3.8) is 0 Å². The molecule has 2 aromatic heterocycles. The number of aliphatic hydroxyl groups excluding tert-OH is 1. The molecular weight excluding hydrogens is 524 g/mol. The number of carbonyl (C=O) groups excluding carboxylic acids is 1. The van der Waals surface area contributed by atoms with Crippen molar-refractivity contribution in [2.24, 2.45) is 0 Å². The normalized spacial score (nSPS) is 22.1. The van der Waals surface area contributed by atoms with E-state index in [-0.39, 0.29) is 30.8 Å². The molecule has 0 bridgehead atoms. The molecule has 11 heteroatoms. The summed E-state index contributed by atoms with van der Waals surface area (Å²) >= 11 is 6.59. The van der Waals surface area contributed by atoms with Crippen molar-refractivity contribution in [3.05, 3.63) is 59.6 Å². The standard InChI is InChI=1S/C28H27ClN4O6/c1-15(34)30-10-11-36-19-8-6-17(7-9-19)16-2-4-18(5-3-16)24-20(29)12-21-27(32-24)33-28(31-21)39-23-14-38-25-22(35)13-37-26(23)25/h2-9,12,22-23,25-26,35H,10-11,13-14H2,1H3,(H,30,34)(H,31,32,33)/t22-,23-,25-,26-/m1/s1. The van der Waals surface area contributed by atoms with E-state index in [9.17, 15) is 9.90 Å². The van der Waals surface area contributed by atoms with Gasteiger partial charge in [0.05, 0.1) is 36.0 Å². The molecule has 2 fully saturated rings. The van der Waals surface area contributed by atoms with Gasteiger partial charge in [-0.25, -0.2) is 4.98 Å². The number of hydrogen-bond acceptors (Lipinski definition) is 8. The van der Waals surface area contributed by atoms with Crippen LogP contribution in [0.3, 0.4) is 0 Å². The summed E-state index contributed by atoms with van der Waals surface area (Å²) in [7, 11) is 0. The van der Waals surface area contributed by atoms with E-state index < -0.39 is 6.10 Å². The first-order chi connectivity index (χ1) is 18.9. The Kier molecular flexibility index (Phi) is 7.09. The summed E-state index contributed by atoms with van der Waals surface area (Å²) in [6.07, 6.45) is -1.74. The van der Waals surface area contributed by atoms with Gasteiger partial charge in [-0.3, -0.25) is 4.79 Å². The van der Waals surface area contributed by atoms with Gasteiger partial charge in [0.1, 0.15) is 30.7 Å². The van der Waals surface area contributed by atoms with E-state index in [1.807, 2.05) is 48.5 Å². The van der Waals surface area contributed by atoms with Crippen LogP contribution in [0, 0.1) is 0 Å². The number of halogens is 1. The summed E-state index contributed by atoms with van der Waals surface area (Å²) in [5.74, 6) is 0.660. The molecule has 202 valence electrons. The van der Waals surface area contributed by atoms with Crippen molar-refractivity contribution in [1.29, 1.82) is 0 Å². The maximum atomic E-state index is 10.9. The van der Waals surface area contributed by atoms with Gasteiger partial charge in [-0.2, -0.15) is 4.98 Å². The van der Waals surface area contributed by atoms with Gasteiger partial charge in [-0.05, 0) is 29.3 Å². The van der Waals surface area contributed by atoms with Crippen LogP contribution < -0.4 is 14.8 Å². The highest BCUT2D eigenvalue weighted by Crippen LogP contribution is 2.33. The lowest BCUT2D eigenvalue weighted by molar-refractivity contribution is -0.119. The number of pyridine rings is 1. The van der Waals surface area contributed by atoms with Crippen LogP contribution in [-0.4, -0.2) is 76.7 Å². The average Bonchev–Trinajstić information content (AvgIpc) is 3.63. The molecule has 6 rings (SSSR count). The molecule has 0 radical (unpaired) electrons. The lowest BCUT2D eigenvalue weighted by Crippen LogP contribution is -2.34. The zero-order valence-corrected chi connectivity index (χ0v) is 21.9. The molecular formula is C28H27ClN4O6. The molecule has 2 saturated heterocycles. The Balaban J connectivity index is 1.14. The van der Waals surface area contributed by atoms with Crippen LogP contribution in [0.1, 0.15) is 6.92 Å². The Hall–Kier alpha value is -3.70. The van der Waals surface area contributed by atoms with Gasteiger partial charge in [0.15, 0.2) is 11.8 Å². The Morgan fingerprint density at radius 1 is 1.05 bits per heavy atom. The average molecular weight is 551 g/mol. The topological polar surface area (TPSA) is 128 Å². The van der Waals surface area contributed by atoms with E-state index in [2.05, 4.69) is 20.3 Å².